The first-order chi connectivity index (χ1) is 8.93. The minimum atomic E-state index is -1.33. The minimum absolute atomic E-state index is 0.273. The van der Waals surface area contributed by atoms with Crippen LogP contribution in [-0.4, -0.2) is 8.07 Å². The summed E-state index contributed by atoms with van der Waals surface area (Å²) in [5, 5.41) is 0.273. The van der Waals surface area contributed by atoms with Gasteiger partial charge in [-0.25, -0.2) is 0 Å². The second kappa shape index (κ2) is 5.34. The first-order valence-corrected chi connectivity index (χ1v) is 10.5. The Morgan fingerprint density at radius 1 is 0.789 bits per heavy atom. The fourth-order valence-electron chi connectivity index (χ4n) is 2.61. The third-order valence-corrected chi connectivity index (χ3v) is 8.24. The Balaban J connectivity index is 2.42. The van der Waals surface area contributed by atoms with E-state index in [0.29, 0.717) is 0 Å². The Morgan fingerprint density at radius 3 is 1.74 bits per heavy atom. The molecule has 0 saturated carbocycles. The molecule has 100 valence electrons. The number of hydrogen-bond donors (Lipinski definition) is 0. The summed E-state index contributed by atoms with van der Waals surface area (Å²) in [5.41, 5.74) is 2.93. The lowest BCUT2D eigenvalue weighted by Crippen LogP contribution is -2.48. The van der Waals surface area contributed by atoms with Crippen LogP contribution in [0.15, 0.2) is 60.7 Å². The van der Waals surface area contributed by atoms with Crippen molar-refractivity contribution < 1.29 is 0 Å². The van der Waals surface area contributed by atoms with Crippen molar-refractivity contribution in [3.8, 4) is 0 Å². The highest BCUT2D eigenvalue weighted by Gasteiger charge is 2.40. The average Bonchev–Trinajstić information content (AvgIpc) is 2.39. The van der Waals surface area contributed by atoms with E-state index < -0.39 is 8.07 Å². The van der Waals surface area contributed by atoms with Gasteiger partial charge in [-0.05, 0) is 22.6 Å². The second-order valence-electron chi connectivity index (χ2n) is 6.61. The summed E-state index contributed by atoms with van der Waals surface area (Å²) < 4.78 is 0. The van der Waals surface area contributed by atoms with Gasteiger partial charge in [0.1, 0.15) is 0 Å². The monoisotopic (exact) mass is 268 g/mol. The zero-order valence-corrected chi connectivity index (χ0v) is 13.5. The van der Waals surface area contributed by atoms with Gasteiger partial charge in [0.15, 0.2) is 0 Å². The summed E-state index contributed by atoms with van der Waals surface area (Å²) in [5.74, 6) is 0. The second-order valence-corrected chi connectivity index (χ2v) is 12.2. The minimum Gasteiger partial charge on any atom is -0.0689 e. The van der Waals surface area contributed by atoms with Crippen LogP contribution < -0.4 is 0 Å². The lowest BCUT2D eigenvalue weighted by atomic mass is 9.92. The summed E-state index contributed by atoms with van der Waals surface area (Å²) in [7, 11) is -1.33. The van der Waals surface area contributed by atoms with E-state index in [1.807, 2.05) is 0 Å². The molecule has 0 bridgehead atoms. The van der Waals surface area contributed by atoms with Crippen molar-refractivity contribution >= 4 is 8.07 Å². The van der Waals surface area contributed by atoms with Crippen LogP contribution in [0.1, 0.15) is 18.1 Å². The van der Waals surface area contributed by atoms with E-state index in [1.165, 1.54) is 11.1 Å². The van der Waals surface area contributed by atoms with Gasteiger partial charge in [-0.3, -0.25) is 0 Å². The lowest BCUT2D eigenvalue weighted by Gasteiger charge is -2.41. The van der Waals surface area contributed by atoms with Gasteiger partial charge in [0.05, 0.1) is 8.07 Å². The van der Waals surface area contributed by atoms with Crippen molar-refractivity contribution in [3.05, 3.63) is 71.8 Å². The maximum absolute atomic E-state index is 2.48. The molecule has 0 amide bonds. The van der Waals surface area contributed by atoms with Crippen molar-refractivity contribution in [2.45, 2.75) is 38.0 Å². The summed E-state index contributed by atoms with van der Waals surface area (Å²) in [6.07, 6.45) is 1.13. The normalized spacial score (nSPS) is 14.9. The number of hydrogen-bond acceptors (Lipinski definition) is 0. The van der Waals surface area contributed by atoms with Gasteiger partial charge in [0.2, 0.25) is 0 Å². The van der Waals surface area contributed by atoms with Gasteiger partial charge < -0.3 is 0 Å². The van der Waals surface area contributed by atoms with Crippen LogP contribution in [0, 0.1) is 0 Å². The Kier molecular flexibility index (Phi) is 3.95. The maximum atomic E-state index is 2.48. The largest absolute Gasteiger partial charge is 0.0689 e. The first-order valence-electron chi connectivity index (χ1n) is 7.03. The molecule has 0 nitrogen and oxygen atoms in total. The van der Waals surface area contributed by atoms with E-state index in [2.05, 4.69) is 87.2 Å². The van der Waals surface area contributed by atoms with Crippen LogP contribution in [0.3, 0.4) is 0 Å². The molecule has 1 heteroatoms. The van der Waals surface area contributed by atoms with E-state index in [1.54, 1.807) is 0 Å². The van der Waals surface area contributed by atoms with Gasteiger partial charge in [-0.2, -0.15) is 0 Å². The molecular weight excluding hydrogens is 244 g/mol. The SMILES string of the molecule is CC(Cc1ccccc1)(c1ccccc1)[Si](C)(C)C. The number of benzene rings is 2. The van der Waals surface area contributed by atoms with E-state index in [4.69, 9.17) is 0 Å². The van der Waals surface area contributed by atoms with Crippen molar-refractivity contribution in [1.82, 2.24) is 0 Å². The van der Waals surface area contributed by atoms with Crippen molar-refractivity contribution in [2.24, 2.45) is 0 Å². The Labute approximate surface area is 118 Å². The highest BCUT2D eigenvalue weighted by Crippen LogP contribution is 2.37. The molecule has 2 rings (SSSR count). The van der Waals surface area contributed by atoms with Crippen LogP contribution in [0.5, 0.6) is 0 Å². The Morgan fingerprint density at radius 2 is 1.26 bits per heavy atom. The Hall–Kier alpha value is -1.34. The highest BCUT2D eigenvalue weighted by molar-refractivity contribution is 6.79. The fourth-order valence-corrected chi connectivity index (χ4v) is 4.38. The van der Waals surface area contributed by atoms with Gasteiger partial charge in [-0.15, -0.1) is 0 Å². The third-order valence-electron chi connectivity index (χ3n) is 4.47. The molecule has 0 N–H and O–H groups in total. The third kappa shape index (κ3) is 2.98. The van der Waals surface area contributed by atoms with Crippen LogP contribution in [0.25, 0.3) is 0 Å². The van der Waals surface area contributed by atoms with Crippen LogP contribution in [0.4, 0.5) is 0 Å². The molecule has 0 heterocycles. The molecule has 1 atom stereocenters. The summed E-state index contributed by atoms with van der Waals surface area (Å²) in [6.45, 7) is 9.87. The molecule has 0 aliphatic rings. The van der Waals surface area contributed by atoms with Crippen molar-refractivity contribution in [2.75, 3.05) is 0 Å². The van der Waals surface area contributed by atoms with Crippen molar-refractivity contribution in [1.29, 1.82) is 0 Å². The molecule has 2 aromatic carbocycles. The fraction of sp³-hybridized carbons (Fsp3) is 0.333. The van der Waals surface area contributed by atoms with Crippen LogP contribution in [-0.2, 0) is 11.5 Å². The van der Waals surface area contributed by atoms with Crippen LogP contribution >= 0.6 is 0 Å². The lowest BCUT2D eigenvalue weighted by molar-refractivity contribution is 0.636. The van der Waals surface area contributed by atoms with Gasteiger partial charge in [0.25, 0.3) is 0 Å². The van der Waals surface area contributed by atoms with Gasteiger partial charge in [-0.1, -0.05) is 87.2 Å². The molecule has 0 aromatic heterocycles. The predicted molar refractivity (Wildman–Crippen MR) is 87.3 cm³/mol. The van der Waals surface area contributed by atoms with E-state index >= 15 is 0 Å². The predicted octanol–water partition coefficient (Wildman–Crippen LogP) is 5.06. The molecule has 19 heavy (non-hydrogen) atoms. The average molecular weight is 268 g/mol. The summed E-state index contributed by atoms with van der Waals surface area (Å²) >= 11 is 0. The molecule has 2 aromatic rings. The van der Waals surface area contributed by atoms with E-state index in [9.17, 15) is 0 Å². The smallest absolute Gasteiger partial charge is 0.0557 e. The molecular formula is C18H24Si. The van der Waals surface area contributed by atoms with Crippen LogP contribution in [0.2, 0.25) is 19.6 Å². The molecule has 0 fully saturated rings. The van der Waals surface area contributed by atoms with Gasteiger partial charge >= 0.3 is 0 Å². The molecule has 0 aliphatic heterocycles. The molecule has 0 spiro atoms. The zero-order chi connectivity index (χ0) is 13.9. The molecule has 0 saturated heterocycles. The zero-order valence-electron chi connectivity index (χ0n) is 12.5. The standard InChI is InChI=1S/C18H24Si/c1-18(19(2,3)4,17-13-9-6-10-14-17)15-16-11-7-5-8-12-16/h5-14H,15H2,1-4H3. The maximum Gasteiger partial charge on any atom is 0.0557 e. The topological polar surface area (TPSA) is 0 Å². The molecule has 1 unspecified atom stereocenters. The molecule has 0 aliphatic carbocycles. The molecule has 0 radical (unpaired) electrons. The van der Waals surface area contributed by atoms with E-state index in [-0.39, 0.29) is 5.04 Å². The Bertz CT molecular complexity index is 510. The summed E-state index contributed by atoms with van der Waals surface area (Å²) in [4.78, 5) is 0. The van der Waals surface area contributed by atoms with Gasteiger partial charge in [0, 0.05) is 0 Å². The highest BCUT2D eigenvalue weighted by atomic mass is 28.3. The van der Waals surface area contributed by atoms with Crippen molar-refractivity contribution in [3.63, 3.8) is 0 Å². The first kappa shape index (κ1) is 14.1. The number of rotatable bonds is 4. The van der Waals surface area contributed by atoms with E-state index in [0.717, 1.165) is 6.42 Å². The summed E-state index contributed by atoms with van der Waals surface area (Å²) in [6, 6.07) is 21.9. The quantitative estimate of drug-likeness (QED) is 0.680.